The molecule has 166 valence electrons. The van der Waals surface area contributed by atoms with E-state index in [1.54, 1.807) is 13.8 Å². The van der Waals surface area contributed by atoms with E-state index in [2.05, 4.69) is 5.32 Å². The smallest absolute Gasteiger partial charge is 0.328 e. The third-order valence-corrected chi connectivity index (χ3v) is 3.89. The molecule has 3 amide bonds. The number of hydrogen-bond donors (Lipinski definition) is 8. The molecule has 0 saturated heterocycles. The summed E-state index contributed by atoms with van der Waals surface area (Å²) in [6.07, 6.45) is -2.30. The van der Waals surface area contributed by atoms with Crippen molar-refractivity contribution in [2.75, 3.05) is 6.61 Å². The Bertz CT molecular complexity index is 624. The lowest BCUT2D eigenvalue weighted by atomic mass is 10.0. The molecule has 13 nitrogen and oxygen atoms in total. The largest absolute Gasteiger partial charge is 0.481 e. The molecular formula is C16H28N4O9. The second kappa shape index (κ2) is 11.9. The summed E-state index contributed by atoms with van der Waals surface area (Å²) < 4.78 is 0. The fraction of sp³-hybridized carbons (Fsp3) is 0.688. The maximum absolute atomic E-state index is 12.3. The van der Waals surface area contributed by atoms with Crippen LogP contribution in [0, 0.1) is 5.92 Å². The summed E-state index contributed by atoms with van der Waals surface area (Å²) >= 11 is 0. The average molecular weight is 420 g/mol. The van der Waals surface area contributed by atoms with Gasteiger partial charge in [-0.3, -0.25) is 19.2 Å². The van der Waals surface area contributed by atoms with Crippen molar-refractivity contribution in [3.8, 4) is 0 Å². The summed E-state index contributed by atoms with van der Waals surface area (Å²) in [6, 6.07) is -5.97. The number of carboxylic acid groups (broad SMARTS) is 2. The van der Waals surface area contributed by atoms with Gasteiger partial charge in [-0.2, -0.15) is 0 Å². The number of aliphatic carboxylic acids is 2. The molecule has 0 rings (SSSR count). The summed E-state index contributed by atoms with van der Waals surface area (Å²) in [7, 11) is 0. The summed E-state index contributed by atoms with van der Waals surface area (Å²) in [5.74, 6) is -6.29. The fourth-order valence-electron chi connectivity index (χ4n) is 2.06. The average Bonchev–Trinajstić information content (AvgIpc) is 2.61. The lowest BCUT2D eigenvalue weighted by Crippen LogP contribution is -2.59. The van der Waals surface area contributed by atoms with Crippen LogP contribution in [0.2, 0.25) is 0 Å². The quantitative estimate of drug-likeness (QED) is 0.154. The number of carbonyl (C=O) groups excluding carboxylic acids is 3. The first kappa shape index (κ1) is 26.2. The maximum atomic E-state index is 12.3. The molecule has 0 spiro atoms. The molecule has 13 heteroatoms. The van der Waals surface area contributed by atoms with Gasteiger partial charge in [-0.25, -0.2) is 4.79 Å². The fourth-order valence-corrected chi connectivity index (χ4v) is 2.06. The van der Waals surface area contributed by atoms with E-state index in [-0.39, 0.29) is 5.92 Å². The van der Waals surface area contributed by atoms with Crippen LogP contribution in [0.3, 0.4) is 0 Å². The summed E-state index contributed by atoms with van der Waals surface area (Å²) in [4.78, 5) is 58.5. The highest BCUT2D eigenvalue weighted by Crippen LogP contribution is 2.02. The Labute approximate surface area is 166 Å². The van der Waals surface area contributed by atoms with Crippen LogP contribution in [0.4, 0.5) is 0 Å². The highest BCUT2D eigenvalue weighted by Gasteiger charge is 2.32. The van der Waals surface area contributed by atoms with Crippen molar-refractivity contribution < 1.29 is 44.4 Å². The molecule has 0 heterocycles. The number of carboxylic acids is 2. The number of nitrogens with two attached hydrogens (primary N) is 1. The third-order valence-electron chi connectivity index (χ3n) is 3.89. The summed E-state index contributed by atoms with van der Waals surface area (Å²) in [5, 5.41) is 42.8. The zero-order valence-electron chi connectivity index (χ0n) is 16.3. The highest BCUT2D eigenvalue weighted by atomic mass is 16.4. The molecule has 9 N–H and O–H groups in total. The Morgan fingerprint density at radius 1 is 0.862 bits per heavy atom. The van der Waals surface area contributed by atoms with Gasteiger partial charge in [0.15, 0.2) is 6.04 Å². The van der Waals surface area contributed by atoms with Gasteiger partial charge in [0.05, 0.1) is 25.2 Å². The number of amides is 3. The van der Waals surface area contributed by atoms with E-state index in [0.29, 0.717) is 0 Å². The molecule has 0 aromatic carbocycles. The van der Waals surface area contributed by atoms with E-state index >= 15 is 0 Å². The minimum Gasteiger partial charge on any atom is -0.481 e. The van der Waals surface area contributed by atoms with Gasteiger partial charge in [-0.05, 0) is 12.8 Å². The monoisotopic (exact) mass is 420 g/mol. The van der Waals surface area contributed by atoms with Crippen LogP contribution < -0.4 is 21.7 Å². The van der Waals surface area contributed by atoms with Crippen molar-refractivity contribution >= 4 is 29.7 Å². The first-order valence-electron chi connectivity index (χ1n) is 8.72. The Morgan fingerprint density at radius 2 is 1.34 bits per heavy atom. The van der Waals surface area contributed by atoms with E-state index in [1.165, 1.54) is 0 Å². The lowest BCUT2D eigenvalue weighted by Gasteiger charge is -2.24. The molecule has 0 fully saturated rings. The maximum Gasteiger partial charge on any atom is 0.328 e. The first-order valence-corrected chi connectivity index (χ1v) is 8.72. The number of aliphatic hydroxyl groups is 2. The molecule has 0 radical (unpaired) electrons. The van der Waals surface area contributed by atoms with Crippen molar-refractivity contribution in [3.63, 3.8) is 0 Å². The Kier molecular flexibility index (Phi) is 10.8. The Balaban J connectivity index is 5.27. The van der Waals surface area contributed by atoms with Gasteiger partial charge in [-0.1, -0.05) is 13.8 Å². The van der Waals surface area contributed by atoms with Gasteiger partial charge in [0.1, 0.15) is 12.1 Å². The zero-order valence-corrected chi connectivity index (χ0v) is 16.3. The molecule has 0 aromatic heterocycles. The van der Waals surface area contributed by atoms with E-state index in [0.717, 1.165) is 6.92 Å². The van der Waals surface area contributed by atoms with Crippen LogP contribution >= 0.6 is 0 Å². The summed E-state index contributed by atoms with van der Waals surface area (Å²) in [5.41, 5.74) is 5.65. The first-order chi connectivity index (χ1) is 13.3. The normalized spacial score (nSPS) is 16.1. The second-order valence-corrected chi connectivity index (χ2v) is 6.74. The van der Waals surface area contributed by atoms with E-state index < -0.39 is 73.0 Å². The molecule has 0 bridgehead atoms. The van der Waals surface area contributed by atoms with Gasteiger partial charge in [0, 0.05) is 0 Å². The minimum atomic E-state index is -1.70. The molecule has 0 saturated carbocycles. The van der Waals surface area contributed by atoms with Crippen LogP contribution in [0.5, 0.6) is 0 Å². The zero-order chi connectivity index (χ0) is 22.9. The molecule has 0 aromatic rings. The number of carbonyl (C=O) groups is 5. The van der Waals surface area contributed by atoms with Crippen molar-refractivity contribution in [1.82, 2.24) is 16.0 Å². The van der Waals surface area contributed by atoms with E-state index in [1.807, 2.05) is 10.6 Å². The van der Waals surface area contributed by atoms with Crippen molar-refractivity contribution in [1.29, 1.82) is 0 Å². The standard InChI is InChI=1S/C16H28N4O9/c1-6(2)11(17)15(27)18-8(4-10(23)24)13(25)19-9(5-21)14(26)20-12(7(3)22)16(28)29/h6-9,11-12,21-22H,4-5,17H2,1-3H3,(H,18,27)(H,19,25)(H,20,26)(H,23,24)(H,28,29). The number of aliphatic hydroxyl groups excluding tert-OH is 2. The predicted octanol–water partition coefficient (Wildman–Crippen LogP) is -3.64. The molecule has 0 aliphatic heterocycles. The molecule has 5 atom stereocenters. The number of hydrogen-bond acceptors (Lipinski definition) is 8. The lowest BCUT2D eigenvalue weighted by molar-refractivity contribution is -0.146. The topological polar surface area (TPSA) is 228 Å². The molecular weight excluding hydrogens is 392 g/mol. The van der Waals surface area contributed by atoms with Crippen LogP contribution in [-0.2, 0) is 24.0 Å². The van der Waals surface area contributed by atoms with Gasteiger partial charge >= 0.3 is 11.9 Å². The number of rotatable bonds is 12. The van der Waals surface area contributed by atoms with E-state index in [4.69, 9.17) is 15.9 Å². The van der Waals surface area contributed by atoms with Crippen molar-refractivity contribution in [2.45, 2.75) is 57.5 Å². The van der Waals surface area contributed by atoms with Crippen LogP contribution in [0.25, 0.3) is 0 Å². The van der Waals surface area contributed by atoms with Crippen LogP contribution in [-0.4, -0.2) is 87.0 Å². The molecule has 0 aliphatic rings. The highest BCUT2D eigenvalue weighted by molar-refractivity contribution is 5.95. The summed E-state index contributed by atoms with van der Waals surface area (Å²) in [6.45, 7) is 3.44. The predicted molar refractivity (Wildman–Crippen MR) is 97.3 cm³/mol. The van der Waals surface area contributed by atoms with E-state index in [9.17, 15) is 34.2 Å². The third kappa shape index (κ3) is 8.85. The van der Waals surface area contributed by atoms with Gasteiger partial charge in [0.25, 0.3) is 0 Å². The minimum absolute atomic E-state index is 0.298. The van der Waals surface area contributed by atoms with Crippen LogP contribution in [0.15, 0.2) is 0 Å². The van der Waals surface area contributed by atoms with Crippen LogP contribution in [0.1, 0.15) is 27.2 Å². The van der Waals surface area contributed by atoms with Crippen molar-refractivity contribution in [3.05, 3.63) is 0 Å². The Morgan fingerprint density at radius 3 is 1.72 bits per heavy atom. The number of nitrogens with one attached hydrogen (secondary N) is 3. The second-order valence-electron chi connectivity index (χ2n) is 6.74. The van der Waals surface area contributed by atoms with Gasteiger partial charge in [-0.15, -0.1) is 0 Å². The van der Waals surface area contributed by atoms with Crippen molar-refractivity contribution in [2.24, 2.45) is 11.7 Å². The van der Waals surface area contributed by atoms with Gasteiger partial charge < -0.3 is 42.1 Å². The molecule has 0 aliphatic carbocycles. The Hall–Kier alpha value is -2.77. The molecule has 5 unspecified atom stereocenters. The van der Waals surface area contributed by atoms with Gasteiger partial charge in [0.2, 0.25) is 17.7 Å². The molecule has 29 heavy (non-hydrogen) atoms. The SMILES string of the molecule is CC(C)C(N)C(=O)NC(CC(=O)O)C(=O)NC(CO)C(=O)NC(C(=O)O)C(C)O.